The summed E-state index contributed by atoms with van der Waals surface area (Å²) in [4.78, 5) is 14.8. The van der Waals surface area contributed by atoms with Crippen LogP contribution in [-0.2, 0) is 6.54 Å². The molecule has 5 nitrogen and oxygen atoms in total. The first-order chi connectivity index (χ1) is 13.4. The summed E-state index contributed by atoms with van der Waals surface area (Å²) in [5, 5.41) is 7.59. The minimum Gasteiger partial charge on any atom is -0.350 e. The molecule has 0 spiro atoms. The van der Waals surface area contributed by atoms with Crippen LogP contribution in [0.15, 0.2) is 60.7 Å². The molecule has 2 aromatic carbocycles. The van der Waals surface area contributed by atoms with Gasteiger partial charge < -0.3 is 10.2 Å². The molecule has 0 aliphatic heterocycles. The van der Waals surface area contributed by atoms with Crippen molar-refractivity contribution in [2.45, 2.75) is 26.4 Å². The van der Waals surface area contributed by atoms with Gasteiger partial charge in [-0.15, -0.1) is 0 Å². The fraction of sp³-hybridized carbons (Fsp3) is 0.304. The zero-order valence-electron chi connectivity index (χ0n) is 17.0. The van der Waals surface area contributed by atoms with E-state index in [0.717, 1.165) is 17.0 Å². The molecule has 1 heterocycles. The van der Waals surface area contributed by atoms with E-state index in [1.165, 1.54) is 5.56 Å². The molecule has 1 amide bonds. The van der Waals surface area contributed by atoms with Crippen molar-refractivity contribution >= 4 is 5.91 Å². The zero-order valence-corrected chi connectivity index (χ0v) is 17.0. The highest BCUT2D eigenvalue weighted by atomic mass is 16.1. The predicted molar refractivity (Wildman–Crippen MR) is 112 cm³/mol. The second kappa shape index (κ2) is 8.85. The molecule has 0 fully saturated rings. The Hall–Kier alpha value is -2.92. The monoisotopic (exact) mass is 376 g/mol. The lowest BCUT2D eigenvalue weighted by molar-refractivity contribution is 0.0942. The molecule has 28 heavy (non-hydrogen) atoms. The number of nitrogens with one attached hydrogen (secondary N) is 1. The van der Waals surface area contributed by atoms with Gasteiger partial charge >= 0.3 is 0 Å². The third-order valence-corrected chi connectivity index (χ3v) is 4.89. The van der Waals surface area contributed by atoms with E-state index in [-0.39, 0.29) is 11.9 Å². The molecular weight excluding hydrogens is 348 g/mol. The summed E-state index contributed by atoms with van der Waals surface area (Å²) in [6, 6.07) is 20.2. The SMILES string of the molecule is Cc1cc(C)n(Cc2cccc(C(=O)NCC(c3ccccc3)N(C)C)c2)n1. The second-order valence-corrected chi connectivity index (χ2v) is 7.39. The van der Waals surface area contributed by atoms with Gasteiger partial charge in [0.25, 0.3) is 5.91 Å². The number of hydrogen-bond acceptors (Lipinski definition) is 3. The normalized spacial score (nSPS) is 12.2. The van der Waals surface area contributed by atoms with Crippen LogP contribution in [0.4, 0.5) is 0 Å². The number of aromatic nitrogens is 2. The van der Waals surface area contributed by atoms with Gasteiger partial charge in [0.2, 0.25) is 0 Å². The van der Waals surface area contributed by atoms with Crippen LogP contribution in [0.5, 0.6) is 0 Å². The van der Waals surface area contributed by atoms with Crippen LogP contribution < -0.4 is 5.32 Å². The maximum Gasteiger partial charge on any atom is 0.251 e. The topological polar surface area (TPSA) is 50.2 Å². The van der Waals surface area contributed by atoms with Crippen molar-refractivity contribution in [1.29, 1.82) is 0 Å². The molecule has 146 valence electrons. The van der Waals surface area contributed by atoms with Gasteiger partial charge in [0, 0.05) is 17.8 Å². The van der Waals surface area contributed by atoms with E-state index in [4.69, 9.17) is 0 Å². The minimum absolute atomic E-state index is 0.0574. The summed E-state index contributed by atoms with van der Waals surface area (Å²) in [5.41, 5.74) is 5.04. The molecule has 0 bridgehead atoms. The maximum atomic E-state index is 12.7. The van der Waals surface area contributed by atoms with E-state index in [2.05, 4.69) is 33.5 Å². The minimum atomic E-state index is -0.0574. The third kappa shape index (κ3) is 4.87. The van der Waals surface area contributed by atoms with Gasteiger partial charge in [-0.25, -0.2) is 0 Å². The lowest BCUT2D eigenvalue weighted by atomic mass is 10.1. The van der Waals surface area contributed by atoms with E-state index in [9.17, 15) is 4.79 Å². The van der Waals surface area contributed by atoms with Gasteiger partial charge in [-0.3, -0.25) is 9.48 Å². The van der Waals surface area contributed by atoms with Crippen LogP contribution in [0.25, 0.3) is 0 Å². The molecular formula is C23H28N4O. The Balaban J connectivity index is 1.68. The van der Waals surface area contributed by atoms with Crippen LogP contribution in [0, 0.1) is 13.8 Å². The first kappa shape index (κ1) is 19.8. The molecule has 0 aliphatic rings. The molecule has 1 atom stereocenters. The Morgan fingerprint density at radius 1 is 1.07 bits per heavy atom. The van der Waals surface area contributed by atoms with Gasteiger partial charge in [-0.1, -0.05) is 42.5 Å². The number of carbonyl (C=O) groups excluding carboxylic acids is 1. The average Bonchev–Trinajstić information content (AvgIpc) is 2.99. The van der Waals surface area contributed by atoms with Crippen molar-refractivity contribution in [3.05, 3.63) is 88.7 Å². The lowest BCUT2D eigenvalue weighted by Gasteiger charge is -2.25. The maximum absolute atomic E-state index is 12.7. The van der Waals surface area contributed by atoms with Crippen LogP contribution in [0.3, 0.4) is 0 Å². The Kier molecular flexibility index (Phi) is 6.26. The quantitative estimate of drug-likeness (QED) is 0.686. The largest absolute Gasteiger partial charge is 0.350 e. The van der Waals surface area contributed by atoms with Crippen LogP contribution in [0.2, 0.25) is 0 Å². The lowest BCUT2D eigenvalue weighted by Crippen LogP contribution is -2.34. The Morgan fingerprint density at radius 3 is 2.46 bits per heavy atom. The third-order valence-electron chi connectivity index (χ3n) is 4.89. The molecule has 1 unspecified atom stereocenters. The smallest absolute Gasteiger partial charge is 0.251 e. The van der Waals surface area contributed by atoms with E-state index in [1.807, 2.05) is 75.1 Å². The summed E-state index contributed by atoms with van der Waals surface area (Å²) in [5.74, 6) is -0.0574. The van der Waals surface area contributed by atoms with Gasteiger partial charge in [0.1, 0.15) is 0 Å². The predicted octanol–water partition coefficient (Wildman–Crippen LogP) is 3.58. The standard InChI is InChI=1S/C23H28N4O/c1-17-13-18(2)27(25-17)16-19-9-8-12-21(14-19)23(28)24-15-22(26(3)4)20-10-6-5-7-11-20/h5-14,22H,15-16H2,1-4H3,(H,24,28). The van der Waals surface area contributed by atoms with Crippen molar-refractivity contribution < 1.29 is 4.79 Å². The first-order valence-corrected chi connectivity index (χ1v) is 9.53. The fourth-order valence-corrected chi connectivity index (χ4v) is 3.38. The van der Waals surface area contributed by atoms with E-state index < -0.39 is 0 Å². The number of amides is 1. The van der Waals surface area contributed by atoms with Crippen molar-refractivity contribution in [1.82, 2.24) is 20.0 Å². The van der Waals surface area contributed by atoms with Crippen LogP contribution in [-0.4, -0.2) is 41.2 Å². The average molecular weight is 377 g/mol. The Morgan fingerprint density at radius 2 is 1.82 bits per heavy atom. The molecule has 0 radical (unpaired) electrons. The molecule has 1 aromatic heterocycles. The van der Waals surface area contributed by atoms with E-state index >= 15 is 0 Å². The number of nitrogens with zero attached hydrogens (tertiary/aromatic N) is 3. The van der Waals surface area contributed by atoms with Crippen LogP contribution in [0.1, 0.15) is 38.9 Å². The molecule has 0 saturated heterocycles. The number of likely N-dealkylation sites (N-methyl/N-ethyl adjacent to an activating group) is 1. The molecule has 3 aromatic rings. The van der Waals surface area contributed by atoms with Crippen LogP contribution >= 0.6 is 0 Å². The van der Waals surface area contributed by atoms with Crippen molar-refractivity contribution in [2.24, 2.45) is 0 Å². The Labute approximate surface area is 167 Å². The molecule has 5 heteroatoms. The molecule has 1 N–H and O–H groups in total. The van der Waals surface area contributed by atoms with Gasteiger partial charge in [-0.05, 0) is 57.3 Å². The Bertz CT molecular complexity index is 931. The summed E-state index contributed by atoms with van der Waals surface area (Å²) >= 11 is 0. The van der Waals surface area contributed by atoms with Gasteiger partial charge in [-0.2, -0.15) is 5.10 Å². The van der Waals surface area contributed by atoms with Crippen molar-refractivity contribution in [2.75, 3.05) is 20.6 Å². The molecule has 3 rings (SSSR count). The highest BCUT2D eigenvalue weighted by Crippen LogP contribution is 2.17. The second-order valence-electron chi connectivity index (χ2n) is 7.39. The van der Waals surface area contributed by atoms with E-state index in [0.29, 0.717) is 18.7 Å². The summed E-state index contributed by atoms with van der Waals surface area (Å²) in [6.07, 6.45) is 0. The van der Waals surface area contributed by atoms with Crippen molar-refractivity contribution in [3.8, 4) is 0 Å². The van der Waals surface area contributed by atoms with Gasteiger partial charge in [0.15, 0.2) is 0 Å². The highest BCUT2D eigenvalue weighted by molar-refractivity contribution is 5.94. The van der Waals surface area contributed by atoms with Crippen molar-refractivity contribution in [3.63, 3.8) is 0 Å². The molecule has 0 aliphatic carbocycles. The molecule has 0 saturated carbocycles. The summed E-state index contributed by atoms with van der Waals surface area (Å²) < 4.78 is 1.96. The number of hydrogen-bond donors (Lipinski definition) is 1. The zero-order chi connectivity index (χ0) is 20.1. The highest BCUT2D eigenvalue weighted by Gasteiger charge is 2.16. The number of aryl methyl sites for hydroxylation is 2. The number of carbonyl (C=O) groups is 1. The summed E-state index contributed by atoms with van der Waals surface area (Å²) in [7, 11) is 4.05. The fourth-order valence-electron chi connectivity index (χ4n) is 3.38. The summed E-state index contributed by atoms with van der Waals surface area (Å²) in [6.45, 7) is 5.24. The first-order valence-electron chi connectivity index (χ1n) is 9.53. The van der Waals surface area contributed by atoms with Gasteiger partial charge in [0.05, 0.1) is 18.3 Å². The number of rotatable bonds is 7. The van der Waals surface area contributed by atoms with E-state index in [1.54, 1.807) is 0 Å². The number of benzene rings is 2.